The van der Waals surface area contributed by atoms with Gasteiger partial charge in [0.25, 0.3) is 0 Å². The summed E-state index contributed by atoms with van der Waals surface area (Å²) in [5.74, 6) is -1.81. The van der Waals surface area contributed by atoms with E-state index in [0.29, 0.717) is 6.42 Å². The second-order valence-electron chi connectivity index (χ2n) is 7.36. The number of esters is 3. The molecule has 1 N–H and O–H groups in total. The van der Waals surface area contributed by atoms with Crippen LogP contribution in [0.1, 0.15) is 41.0 Å². The average molecular weight is 413 g/mol. The molecule has 0 aromatic carbocycles. The molecule has 0 saturated carbocycles. The zero-order valence-corrected chi connectivity index (χ0v) is 17.7. The number of nitrogens with one attached hydrogen (secondary N) is 1. The first kappa shape index (κ1) is 26.2. The molecule has 0 fully saturated rings. The highest BCUT2D eigenvalue weighted by atomic mass is 16.6. The van der Waals surface area contributed by atoms with Gasteiger partial charge in [0.15, 0.2) is 0 Å². The first-order valence-corrected chi connectivity index (χ1v) is 9.13. The lowest BCUT2D eigenvalue weighted by Gasteiger charge is -2.29. The van der Waals surface area contributed by atoms with Crippen LogP contribution in [0.2, 0.25) is 0 Å². The van der Waals surface area contributed by atoms with Crippen LogP contribution in [-0.4, -0.2) is 55.5 Å². The van der Waals surface area contributed by atoms with Crippen LogP contribution < -0.4 is 5.32 Å². The van der Waals surface area contributed by atoms with Crippen LogP contribution in [0.3, 0.4) is 0 Å². The van der Waals surface area contributed by atoms with Gasteiger partial charge in [0.2, 0.25) is 0 Å². The summed E-state index contributed by atoms with van der Waals surface area (Å²) in [5, 5.41) is 2.49. The minimum Gasteiger partial charge on any atom is -0.461 e. The molecule has 29 heavy (non-hydrogen) atoms. The standard InChI is InChI=1S/C20H31NO8/c1-8-15(22)27-12-20(7,13-28-16(23)9-2)21-18(25)29-14(4)11-26-17(24)19(5,6)10-3/h8-9,14H,1-2,10-13H2,3-7H3,(H,21,25). The van der Waals surface area contributed by atoms with E-state index in [9.17, 15) is 19.2 Å². The molecule has 0 aliphatic heterocycles. The van der Waals surface area contributed by atoms with Gasteiger partial charge in [-0.1, -0.05) is 20.1 Å². The van der Waals surface area contributed by atoms with Crippen LogP contribution in [0.15, 0.2) is 25.3 Å². The van der Waals surface area contributed by atoms with Crippen molar-refractivity contribution in [2.75, 3.05) is 19.8 Å². The second-order valence-corrected chi connectivity index (χ2v) is 7.36. The number of ether oxygens (including phenoxy) is 4. The molecule has 0 spiro atoms. The van der Waals surface area contributed by atoms with E-state index in [1.54, 1.807) is 20.8 Å². The summed E-state index contributed by atoms with van der Waals surface area (Å²) in [6.45, 7) is 14.3. The summed E-state index contributed by atoms with van der Waals surface area (Å²) >= 11 is 0. The van der Waals surface area contributed by atoms with Gasteiger partial charge in [0.05, 0.1) is 5.41 Å². The Hall–Kier alpha value is -2.84. The highest BCUT2D eigenvalue weighted by Crippen LogP contribution is 2.21. The van der Waals surface area contributed by atoms with E-state index in [1.807, 2.05) is 6.92 Å². The highest BCUT2D eigenvalue weighted by Gasteiger charge is 2.32. The molecule has 0 saturated heterocycles. The third-order valence-corrected chi connectivity index (χ3v) is 4.00. The summed E-state index contributed by atoms with van der Waals surface area (Å²) in [5.41, 5.74) is -1.90. The van der Waals surface area contributed by atoms with Crippen LogP contribution in [-0.2, 0) is 33.3 Å². The van der Waals surface area contributed by atoms with Crippen LogP contribution >= 0.6 is 0 Å². The van der Waals surface area contributed by atoms with Crippen molar-refractivity contribution in [3.05, 3.63) is 25.3 Å². The number of hydrogen-bond acceptors (Lipinski definition) is 8. The molecule has 0 radical (unpaired) electrons. The van der Waals surface area contributed by atoms with E-state index < -0.39 is 41.1 Å². The molecule has 9 nitrogen and oxygen atoms in total. The molecule has 164 valence electrons. The Morgan fingerprint density at radius 1 is 0.966 bits per heavy atom. The number of carbonyl (C=O) groups excluding carboxylic acids is 4. The summed E-state index contributed by atoms with van der Waals surface area (Å²) in [6, 6.07) is 0. The molecule has 0 aromatic heterocycles. The third-order valence-electron chi connectivity index (χ3n) is 4.00. The fraction of sp³-hybridized carbons (Fsp3) is 0.600. The molecule has 9 heteroatoms. The molecule has 0 bridgehead atoms. The SMILES string of the molecule is C=CC(=O)OCC(C)(COC(=O)C=C)NC(=O)OC(C)COC(=O)C(C)(C)CC. The number of alkyl carbamates (subject to hydrolysis) is 1. The maximum atomic E-state index is 12.2. The normalized spacial score (nSPS) is 12.2. The van der Waals surface area contributed by atoms with Crippen LogP contribution in [0.25, 0.3) is 0 Å². The monoisotopic (exact) mass is 413 g/mol. The summed E-state index contributed by atoms with van der Waals surface area (Å²) in [7, 11) is 0. The maximum absolute atomic E-state index is 12.2. The summed E-state index contributed by atoms with van der Waals surface area (Å²) in [6.07, 6.45) is 0.926. The zero-order chi connectivity index (χ0) is 22.7. The lowest BCUT2D eigenvalue weighted by molar-refractivity contribution is -0.156. The molecular weight excluding hydrogens is 382 g/mol. The van der Waals surface area contributed by atoms with E-state index >= 15 is 0 Å². The van der Waals surface area contributed by atoms with Gasteiger partial charge in [-0.15, -0.1) is 0 Å². The predicted molar refractivity (Wildman–Crippen MR) is 105 cm³/mol. The Morgan fingerprint density at radius 2 is 1.45 bits per heavy atom. The topological polar surface area (TPSA) is 117 Å². The number of hydrogen-bond donors (Lipinski definition) is 1. The van der Waals surface area contributed by atoms with Crippen molar-refractivity contribution in [3.63, 3.8) is 0 Å². The largest absolute Gasteiger partial charge is 0.461 e. The van der Waals surface area contributed by atoms with Gasteiger partial charge in [0.1, 0.15) is 31.5 Å². The molecule has 0 aromatic rings. The lowest BCUT2D eigenvalue weighted by atomic mass is 9.91. The Bertz CT molecular complexity index is 602. The van der Waals surface area contributed by atoms with Gasteiger partial charge >= 0.3 is 24.0 Å². The van der Waals surface area contributed by atoms with Crippen molar-refractivity contribution in [2.45, 2.75) is 52.7 Å². The van der Waals surface area contributed by atoms with E-state index in [2.05, 4.69) is 18.5 Å². The van der Waals surface area contributed by atoms with Crippen molar-refractivity contribution in [2.24, 2.45) is 5.41 Å². The van der Waals surface area contributed by atoms with E-state index in [-0.39, 0.29) is 19.8 Å². The van der Waals surface area contributed by atoms with Gasteiger partial charge in [0, 0.05) is 12.2 Å². The van der Waals surface area contributed by atoms with Crippen molar-refractivity contribution in [1.82, 2.24) is 5.32 Å². The minimum atomic E-state index is -1.27. The molecular formula is C20H31NO8. The predicted octanol–water partition coefficient (Wildman–Crippen LogP) is 2.30. The van der Waals surface area contributed by atoms with Crippen molar-refractivity contribution >= 4 is 24.0 Å². The third kappa shape index (κ3) is 10.3. The Morgan fingerprint density at radius 3 is 1.86 bits per heavy atom. The van der Waals surface area contributed by atoms with Gasteiger partial charge in [-0.25, -0.2) is 14.4 Å². The number of amides is 1. The van der Waals surface area contributed by atoms with Crippen molar-refractivity contribution in [3.8, 4) is 0 Å². The number of rotatable bonds is 12. The summed E-state index contributed by atoms with van der Waals surface area (Å²) < 4.78 is 20.2. The second kappa shape index (κ2) is 11.9. The van der Waals surface area contributed by atoms with Crippen molar-refractivity contribution < 1.29 is 38.1 Å². The van der Waals surface area contributed by atoms with E-state index in [0.717, 1.165) is 12.2 Å². The molecule has 1 unspecified atom stereocenters. The van der Waals surface area contributed by atoms with Gasteiger partial charge < -0.3 is 24.3 Å². The van der Waals surface area contributed by atoms with Gasteiger partial charge in [-0.3, -0.25) is 4.79 Å². The maximum Gasteiger partial charge on any atom is 0.408 e. The van der Waals surface area contributed by atoms with Crippen molar-refractivity contribution in [1.29, 1.82) is 0 Å². The van der Waals surface area contributed by atoms with Crippen LogP contribution in [0, 0.1) is 5.41 Å². The zero-order valence-electron chi connectivity index (χ0n) is 17.7. The van der Waals surface area contributed by atoms with E-state index in [1.165, 1.54) is 6.92 Å². The molecule has 0 aliphatic rings. The lowest BCUT2D eigenvalue weighted by Crippen LogP contribution is -2.54. The Labute approximate surface area is 171 Å². The highest BCUT2D eigenvalue weighted by molar-refractivity contribution is 5.82. The molecule has 1 atom stereocenters. The molecule has 1 amide bonds. The fourth-order valence-electron chi connectivity index (χ4n) is 1.72. The Kier molecular flexibility index (Phi) is 10.7. The Balaban J connectivity index is 4.82. The smallest absolute Gasteiger partial charge is 0.408 e. The summed E-state index contributed by atoms with van der Waals surface area (Å²) in [4.78, 5) is 46.8. The van der Waals surface area contributed by atoms with Crippen LogP contribution in [0.4, 0.5) is 4.79 Å². The molecule has 0 heterocycles. The van der Waals surface area contributed by atoms with E-state index in [4.69, 9.17) is 18.9 Å². The minimum absolute atomic E-state index is 0.122. The van der Waals surface area contributed by atoms with Gasteiger partial charge in [-0.05, 0) is 34.1 Å². The van der Waals surface area contributed by atoms with Gasteiger partial charge in [-0.2, -0.15) is 0 Å². The average Bonchev–Trinajstić information content (AvgIpc) is 2.67. The first-order valence-electron chi connectivity index (χ1n) is 9.13. The first-order chi connectivity index (χ1) is 13.4. The molecule has 0 aliphatic carbocycles. The number of carbonyl (C=O) groups is 4. The quantitative estimate of drug-likeness (QED) is 0.294. The van der Waals surface area contributed by atoms with Crippen LogP contribution in [0.5, 0.6) is 0 Å². The molecule has 0 rings (SSSR count). The fourth-order valence-corrected chi connectivity index (χ4v) is 1.72.